The van der Waals surface area contributed by atoms with Crippen molar-refractivity contribution in [3.05, 3.63) is 29.8 Å². The summed E-state index contributed by atoms with van der Waals surface area (Å²) in [5.74, 6) is 0.310. The zero-order valence-corrected chi connectivity index (χ0v) is 12.6. The Bertz CT molecular complexity index is 498. The molecule has 1 aromatic rings. The average molecular weight is 307 g/mol. The van der Waals surface area contributed by atoms with Gasteiger partial charge in [-0.3, -0.25) is 9.59 Å². The third-order valence-corrected chi connectivity index (χ3v) is 3.31. The Morgan fingerprint density at radius 1 is 1.32 bits per heavy atom. The number of methoxy groups -OCH3 is 1. The molecule has 0 aliphatic carbocycles. The van der Waals surface area contributed by atoms with Gasteiger partial charge in [0.2, 0.25) is 11.8 Å². The molecule has 0 bridgehead atoms. The number of hydrogen-bond donors (Lipinski definition) is 3. The van der Waals surface area contributed by atoms with Gasteiger partial charge in [-0.25, -0.2) is 0 Å². The van der Waals surface area contributed by atoms with Crippen LogP contribution in [0.5, 0.6) is 5.75 Å². The van der Waals surface area contributed by atoms with Crippen LogP contribution in [-0.4, -0.2) is 51.3 Å². The number of morpholine rings is 1. The molecule has 1 heterocycles. The second kappa shape index (κ2) is 8.35. The number of carbonyl (C=O) groups excluding carboxylic acids is 2. The van der Waals surface area contributed by atoms with Gasteiger partial charge in [0.15, 0.2) is 0 Å². The topological polar surface area (TPSA) is 88.7 Å². The lowest BCUT2D eigenvalue weighted by Gasteiger charge is -2.22. The van der Waals surface area contributed by atoms with Crippen LogP contribution in [0.2, 0.25) is 0 Å². The monoisotopic (exact) mass is 307 g/mol. The van der Waals surface area contributed by atoms with Crippen molar-refractivity contribution in [1.82, 2.24) is 16.0 Å². The summed E-state index contributed by atoms with van der Waals surface area (Å²) in [6.07, 6.45) is 0. The molecule has 2 amide bonds. The lowest BCUT2D eigenvalue weighted by molar-refractivity contribution is -0.129. The molecular formula is C15H21N3O4. The number of nitrogens with one attached hydrogen (secondary N) is 3. The molecule has 1 saturated heterocycles. The largest absolute Gasteiger partial charge is 0.497 e. The first-order chi connectivity index (χ1) is 10.7. The molecule has 0 spiro atoms. The van der Waals surface area contributed by atoms with Crippen LogP contribution < -0.4 is 20.7 Å². The highest BCUT2D eigenvalue weighted by atomic mass is 16.5. The van der Waals surface area contributed by atoms with Gasteiger partial charge in [-0.05, 0) is 17.7 Å². The quantitative estimate of drug-likeness (QED) is 0.654. The van der Waals surface area contributed by atoms with E-state index in [0.29, 0.717) is 26.3 Å². The summed E-state index contributed by atoms with van der Waals surface area (Å²) < 4.78 is 10.3. The summed E-state index contributed by atoms with van der Waals surface area (Å²) in [4.78, 5) is 23.5. The molecule has 1 unspecified atom stereocenters. The summed E-state index contributed by atoms with van der Waals surface area (Å²) in [7, 11) is 1.60. The molecule has 7 nitrogen and oxygen atoms in total. The molecule has 3 N–H and O–H groups in total. The molecule has 2 rings (SSSR count). The van der Waals surface area contributed by atoms with Crippen molar-refractivity contribution in [3.8, 4) is 5.75 Å². The van der Waals surface area contributed by atoms with E-state index in [4.69, 9.17) is 9.47 Å². The minimum atomic E-state index is -0.386. The zero-order chi connectivity index (χ0) is 15.8. The van der Waals surface area contributed by atoms with Crippen LogP contribution in [0.4, 0.5) is 0 Å². The van der Waals surface area contributed by atoms with Gasteiger partial charge in [0.1, 0.15) is 11.8 Å². The Morgan fingerprint density at radius 2 is 2.09 bits per heavy atom. The van der Waals surface area contributed by atoms with Crippen molar-refractivity contribution < 1.29 is 19.1 Å². The molecular weight excluding hydrogens is 286 g/mol. The standard InChI is InChI=1S/C15H21N3O4/c1-21-12-4-2-11(3-5-12)8-17-14(19)9-18-15(20)13-10-22-7-6-16-13/h2-5,13,16H,6-10H2,1H3,(H,17,19)(H,18,20). The fourth-order valence-corrected chi connectivity index (χ4v) is 2.03. The third-order valence-electron chi connectivity index (χ3n) is 3.31. The maximum absolute atomic E-state index is 11.8. The normalized spacial score (nSPS) is 17.6. The van der Waals surface area contributed by atoms with Crippen molar-refractivity contribution in [2.75, 3.05) is 33.4 Å². The van der Waals surface area contributed by atoms with Crippen LogP contribution in [0.15, 0.2) is 24.3 Å². The second-order valence-electron chi connectivity index (χ2n) is 4.92. The van der Waals surface area contributed by atoms with Gasteiger partial charge in [0.25, 0.3) is 0 Å². The van der Waals surface area contributed by atoms with Crippen LogP contribution in [0.1, 0.15) is 5.56 Å². The van der Waals surface area contributed by atoms with E-state index in [1.165, 1.54) is 0 Å². The number of rotatable bonds is 6. The van der Waals surface area contributed by atoms with E-state index >= 15 is 0 Å². The van der Waals surface area contributed by atoms with Crippen molar-refractivity contribution in [3.63, 3.8) is 0 Å². The zero-order valence-electron chi connectivity index (χ0n) is 12.6. The Morgan fingerprint density at radius 3 is 2.73 bits per heavy atom. The van der Waals surface area contributed by atoms with E-state index in [2.05, 4.69) is 16.0 Å². The maximum atomic E-state index is 11.8. The number of amides is 2. The van der Waals surface area contributed by atoms with E-state index in [9.17, 15) is 9.59 Å². The Balaban J connectivity index is 1.67. The second-order valence-corrected chi connectivity index (χ2v) is 4.92. The molecule has 1 aliphatic heterocycles. The highest BCUT2D eigenvalue weighted by molar-refractivity contribution is 5.87. The van der Waals surface area contributed by atoms with Crippen molar-refractivity contribution in [1.29, 1.82) is 0 Å². The highest BCUT2D eigenvalue weighted by Crippen LogP contribution is 2.10. The highest BCUT2D eigenvalue weighted by Gasteiger charge is 2.21. The van der Waals surface area contributed by atoms with E-state index in [1.54, 1.807) is 7.11 Å². The van der Waals surface area contributed by atoms with Gasteiger partial charge in [-0.15, -0.1) is 0 Å². The van der Waals surface area contributed by atoms with Gasteiger partial charge in [0, 0.05) is 13.1 Å². The van der Waals surface area contributed by atoms with Gasteiger partial charge in [-0.2, -0.15) is 0 Å². The minimum absolute atomic E-state index is 0.0484. The molecule has 1 aromatic carbocycles. The Hall–Kier alpha value is -2.12. The number of benzene rings is 1. The number of ether oxygens (including phenoxy) is 2. The van der Waals surface area contributed by atoms with Gasteiger partial charge >= 0.3 is 0 Å². The lowest BCUT2D eigenvalue weighted by Crippen LogP contribution is -2.52. The first kappa shape index (κ1) is 16.3. The average Bonchev–Trinajstić information content (AvgIpc) is 2.59. The van der Waals surface area contributed by atoms with Gasteiger partial charge in [0.05, 0.1) is 26.9 Å². The molecule has 0 saturated carbocycles. The van der Waals surface area contributed by atoms with Crippen molar-refractivity contribution >= 4 is 11.8 Å². The van der Waals surface area contributed by atoms with E-state index in [0.717, 1.165) is 11.3 Å². The molecule has 0 radical (unpaired) electrons. The van der Waals surface area contributed by atoms with Crippen molar-refractivity contribution in [2.45, 2.75) is 12.6 Å². The summed E-state index contributed by atoms with van der Waals surface area (Å²) in [5, 5.41) is 8.37. The predicted octanol–water partition coefficient (Wildman–Crippen LogP) is -0.584. The molecule has 0 aromatic heterocycles. The Labute approximate surface area is 129 Å². The maximum Gasteiger partial charge on any atom is 0.239 e. The van der Waals surface area contributed by atoms with Gasteiger partial charge in [-0.1, -0.05) is 12.1 Å². The Kier molecular flexibility index (Phi) is 6.17. The number of carbonyl (C=O) groups is 2. The van der Waals surface area contributed by atoms with Crippen LogP contribution in [-0.2, 0) is 20.9 Å². The van der Waals surface area contributed by atoms with E-state index < -0.39 is 0 Å². The molecule has 1 aliphatic rings. The first-order valence-corrected chi connectivity index (χ1v) is 7.17. The molecule has 22 heavy (non-hydrogen) atoms. The van der Waals surface area contributed by atoms with E-state index in [-0.39, 0.29) is 24.4 Å². The summed E-state index contributed by atoms with van der Waals surface area (Å²) in [5.41, 5.74) is 0.961. The lowest BCUT2D eigenvalue weighted by atomic mass is 10.2. The molecule has 120 valence electrons. The van der Waals surface area contributed by atoms with Crippen LogP contribution in [0.25, 0.3) is 0 Å². The predicted molar refractivity (Wildman–Crippen MR) is 80.5 cm³/mol. The smallest absolute Gasteiger partial charge is 0.239 e. The van der Waals surface area contributed by atoms with E-state index in [1.807, 2.05) is 24.3 Å². The van der Waals surface area contributed by atoms with Crippen molar-refractivity contribution in [2.24, 2.45) is 0 Å². The SMILES string of the molecule is COc1ccc(CNC(=O)CNC(=O)C2COCCN2)cc1. The summed E-state index contributed by atoms with van der Waals surface area (Å²) in [6, 6.07) is 7.03. The van der Waals surface area contributed by atoms with Gasteiger partial charge < -0.3 is 25.4 Å². The fraction of sp³-hybridized carbons (Fsp3) is 0.467. The first-order valence-electron chi connectivity index (χ1n) is 7.17. The van der Waals surface area contributed by atoms with Crippen LogP contribution >= 0.6 is 0 Å². The third kappa shape index (κ3) is 5.01. The fourth-order valence-electron chi connectivity index (χ4n) is 2.03. The minimum Gasteiger partial charge on any atom is -0.497 e. The molecule has 1 fully saturated rings. The summed E-state index contributed by atoms with van der Waals surface area (Å²) in [6.45, 7) is 1.93. The molecule has 1 atom stereocenters. The summed E-state index contributed by atoms with van der Waals surface area (Å²) >= 11 is 0. The van der Waals surface area contributed by atoms with Crippen LogP contribution in [0, 0.1) is 0 Å². The molecule has 7 heteroatoms. The van der Waals surface area contributed by atoms with Crippen LogP contribution in [0.3, 0.4) is 0 Å². The number of hydrogen-bond acceptors (Lipinski definition) is 5.